The SMILES string of the molecule is CCn1cnc2c(N3CCCC3c3nc4ccc(C)cc4[nH]3)ncnc21. The lowest BCUT2D eigenvalue weighted by Crippen LogP contribution is -2.24. The molecule has 1 aromatic carbocycles. The minimum absolute atomic E-state index is 0.188. The van der Waals surface area contributed by atoms with Gasteiger partial charge in [-0.15, -0.1) is 0 Å². The fraction of sp³-hybridized carbons (Fsp3) is 0.368. The van der Waals surface area contributed by atoms with Crippen LogP contribution in [0.4, 0.5) is 5.82 Å². The van der Waals surface area contributed by atoms with Crippen LogP contribution in [0, 0.1) is 6.92 Å². The maximum absolute atomic E-state index is 4.85. The molecule has 1 aliphatic heterocycles. The smallest absolute Gasteiger partial charge is 0.165 e. The van der Waals surface area contributed by atoms with Gasteiger partial charge in [0.05, 0.1) is 23.4 Å². The molecule has 1 unspecified atom stereocenters. The van der Waals surface area contributed by atoms with E-state index in [1.807, 2.05) is 6.33 Å². The number of aromatic nitrogens is 6. The topological polar surface area (TPSA) is 75.5 Å². The number of fused-ring (bicyclic) bond motifs is 2. The number of hydrogen-bond donors (Lipinski definition) is 1. The Kier molecular flexibility index (Phi) is 3.41. The van der Waals surface area contributed by atoms with E-state index in [0.29, 0.717) is 0 Å². The summed E-state index contributed by atoms with van der Waals surface area (Å²) < 4.78 is 2.05. The van der Waals surface area contributed by atoms with E-state index >= 15 is 0 Å². The predicted octanol–water partition coefficient (Wildman–Crippen LogP) is 3.37. The van der Waals surface area contributed by atoms with E-state index in [1.54, 1.807) is 6.33 Å². The zero-order chi connectivity index (χ0) is 17.7. The van der Waals surface area contributed by atoms with Crippen molar-refractivity contribution in [3.63, 3.8) is 0 Å². The number of rotatable bonds is 3. The van der Waals surface area contributed by atoms with Crippen molar-refractivity contribution in [2.24, 2.45) is 0 Å². The van der Waals surface area contributed by atoms with Gasteiger partial charge in [-0.05, 0) is 44.4 Å². The van der Waals surface area contributed by atoms with E-state index in [0.717, 1.165) is 59.8 Å². The highest BCUT2D eigenvalue weighted by Crippen LogP contribution is 2.36. The quantitative estimate of drug-likeness (QED) is 0.615. The van der Waals surface area contributed by atoms with Gasteiger partial charge in [-0.2, -0.15) is 0 Å². The first kappa shape index (κ1) is 15.3. The van der Waals surface area contributed by atoms with Crippen LogP contribution in [0.25, 0.3) is 22.2 Å². The molecule has 4 heterocycles. The summed E-state index contributed by atoms with van der Waals surface area (Å²) in [5.41, 5.74) is 5.10. The van der Waals surface area contributed by atoms with Gasteiger partial charge in [0.25, 0.3) is 0 Å². The molecule has 3 aromatic heterocycles. The molecule has 0 aliphatic carbocycles. The molecular formula is C19H21N7. The van der Waals surface area contributed by atoms with Crippen molar-refractivity contribution in [3.05, 3.63) is 42.2 Å². The second kappa shape index (κ2) is 5.79. The van der Waals surface area contributed by atoms with E-state index in [-0.39, 0.29) is 6.04 Å². The summed E-state index contributed by atoms with van der Waals surface area (Å²) in [6, 6.07) is 6.52. The Hall–Kier alpha value is -2.96. The van der Waals surface area contributed by atoms with E-state index in [4.69, 9.17) is 4.98 Å². The van der Waals surface area contributed by atoms with Crippen LogP contribution in [0.1, 0.15) is 37.2 Å². The molecule has 132 valence electrons. The molecule has 0 radical (unpaired) electrons. The Morgan fingerprint density at radius 3 is 3.04 bits per heavy atom. The van der Waals surface area contributed by atoms with Gasteiger partial charge in [-0.3, -0.25) is 0 Å². The lowest BCUT2D eigenvalue weighted by Gasteiger charge is -2.24. The maximum atomic E-state index is 4.85. The first-order chi connectivity index (χ1) is 12.7. The van der Waals surface area contributed by atoms with Crippen LogP contribution in [0.3, 0.4) is 0 Å². The number of aryl methyl sites for hydroxylation is 2. The van der Waals surface area contributed by atoms with Crippen LogP contribution in [0.5, 0.6) is 0 Å². The van der Waals surface area contributed by atoms with Gasteiger partial charge in [0, 0.05) is 13.1 Å². The van der Waals surface area contributed by atoms with Gasteiger partial charge in [-0.25, -0.2) is 19.9 Å². The van der Waals surface area contributed by atoms with Gasteiger partial charge in [0.2, 0.25) is 0 Å². The normalized spacial score (nSPS) is 17.6. The van der Waals surface area contributed by atoms with Crippen molar-refractivity contribution in [3.8, 4) is 0 Å². The summed E-state index contributed by atoms with van der Waals surface area (Å²) in [7, 11) is 0. The van der Waals surface area contributed by atoms with Gasteiger partial charge < -0.3 is 14.5 Å². The molecule has 0 bridgehead atoms. The zero-order valence-electron chi connectivity index (χ0n) is 15.0. The number of aromatic amines is 1. The first-order valence-corrected chi connectivity index (χ1v) is 9.13. The third-order valence-electron chi connectivity index (χ3n) is 5.22. The summed E-state index contributed by atoms with van der Waals surface area (Å²) in [5.74, 6) is 1.91. The summed E-state index contributed by atoms with van der Waals surface area (Å²) in [6.45, 7) is 5.99. The molecule has 0 saturated carbocycles. The minimum Gasteiger partial charge on any atom is -0.344 e. The second-order valence-corrected chi connectivity index (χ2v) is 6.89. The van der Waals surface area contributed by atoms with Crippen molar-refractivity contribution >= 4 is 28.0 Å². The summed E-state index contributed by atoms with van der Waals surface area (Å²) in [6.07, 6.45) is 5.65. The molecule has 1 atom stereocenters. The molecule has 1 fully saturated rings. The van der Waals surface area contributed by atoms with Gasteiger partial charge in [-0.1, -0.05) is 6.07 Å². The van der Waals surface area contributed by atoms with Crippen molar-refractivity contribution in [2.75, 3.05) is 11.4 Å². The van der Waals surface area contributed by atoms with E-state index < -0.39 is 0 Å². The van der Waals surface area contributed by atoms with Crippen LogP contribution in [0.2, 0.25) is 0 Å². The minimum atomic E-state index is 0.188. The fourth-order valence-electron chi connectivity index (χ4n) is 3.92. The number of anilines is 1. The molecule has 4 aromatic rings. The van der Waals surface area contributed by atoms with Crippen molar-refractivity contribution in [2.45, 2.75) is 39.3 Å². The van der Waals surface area contributed by atoms with Gasteiger partial charge in [0.1, 0.15) is 12.2 Å². The standard InChI is InChI=1S/C19H21N7/c1-3-25-11-22-16-18(25)20-10-21-19(16)26-8-4-5-15(26)17-23-13-7-6-12(2)9-14(13)24-17/h6-7,9-11,15H,3-5,8H2,1-2H3,(H,23,24). The third kappa shape index (κ3) is 2.27. The third-order valence-corrected chi connectivity index (χ3v) is 5.22. The molecule has 26 heavy (non-hydrogen) atoms. The fourth-order valence-corrected chi connectivity index (χ4v) is 3.92. The van der Waals surface area contributed by atoms with Crippen LogP contribution in [-0.2, 0) is 6.54 Å². The van der Waals surface area contributed by atoms with Crippen molar-refractivity contribution < 1.29 is 0 Å². The van der Waals surface area contributed by atoms with Crippen molar-refractivity contribution in [1.82, 2.24) is 29.5 Å². The lowest BCUT2D eigenvalue weighted by molar-refractivity contribution is 0.673. The average molecular weight is 347 g/mol. The highest BCUT2D eigenvalue weighted by molar-refractivity contribution is 5.84. The molecule has 1 aliphatic rings. The molecule has 1 saturated heterocycles. The Balaban J connectivity index is 1.59. The highest BCUT2D eigenvalue weighted by atomic mass is 15.3. The van der Waals surface area contributed by atoms with Crippen LogP contribution in [0.15, 0.2) is 30.9 Å². The molecule has 1 N–H and O–H groups in total. The van der Waals surface area contributed by atoms with E-state index in [1.165, 1.54) is 5.56 Å². The number of benzene rings is 1. The van der Waals surface area contributed by atoms with Crippen LogP contribution in [-0.4, -0.2) is 36.0 Å². The highest BCUT2D eigenvalue weighted by Gasteiger charge is 2.31. The molecular weight excluding hydrogens is 326 g/mol. The van der Waals surface area contributed by atoms with Gasteiger partial charge >= 0.3 is 0 Å². The maximum Gasteiger partial charge on any atom is 0.165 e. The Morgan fingerprint density at radius 2 is 2.15 bits per heavy atom. The Bertz CT molecular complexity index is 1090. The largest absolute Gasteiger partial charge is 0.344 e. The zero-order valence-corrected chi connectivity index (χ0v) is 15.0. The molecule has 0 amide bonds. The van der Waals surface area contributed by atoms with Crippen molar-refractivity contribution in [1.29, 1.82) is 0 Å². The van der Waals surface area contributed by atoms with Crippen LogP contribution < -0.4 is 4.90 Å². The molecule has 0 spiro atoms. The van der Waals surface area contributed by atoms with E-state index in [2.05, 4.69) is 61.4 Å². The number of H-pyrrole nitrogens is 1. The molecule has 7 heteroatoms. The summed E-state index contributed by atoms with van der Waals surface area (Å²) in [4.78, 5) is 24.3. The Morgan fingerprint density at radius 1 is 1.23 bits per heavy atom. The van der Waals surface area contributed by atoms with Crippen LogP contribution >= 0.6 is 0 Å². The average Bonchev–Trinajstić information content (AvgIpc) is 3.37. The van der Waals surface area contributed by atoms with Gasteiger partial charge in [0.15, 0.2) is 17.0 Å². The Labute approximate surface area is 151 Å². The summed E-state index contributed by atoms with van der Waals surface area (Å²) in [5, 5.41) is 0. The monoisotopic (exact) mass is 347 g/mol. The summed E-state index contributed by atoms with van der Waals surface area (Å²) >= 11 is 0. The van der Waals surface area contributed by atoms with E-state index in [9.17, 15) is 0 Å². The first-order valence-electron chi connectivity index (χ1n) is 9.13. The number of hydrogen-bond acceptors (Lipinski definition) is 5. The number of imidazole rings is 2. The molecule has 5 rings (SSSR count). The lowest BCUT2D eigenvalue weighted by atomic mass is 10.2. The number of nitrogens with one attached hydrogen (secondary N) is 1. The number of nitrogens with zero attached hydrogens (tertiary/aromatic N) is 6. The second-order valence-electron chi connectivity index (χ2n) is 6.89. The predicted molar refractivity (Wildman–Crippen MR) is 101 cm³/mol. The molecule has 7 nitrogen and oxygen atoms in total.